The van der Waals surface area contributed by atoms with Crippen molar-refractivity contribution in [3.8, 4) is 5.75 Å². The molecule has 0 unspecified atom stereocenters. The number of hydrogen-bond donors (Lipinski definition) is 2. The molecule has 7 nitrogen and oxygen atoms in total. The van der Waals surface area contributed by atoms with Gasteiger partial charge in [0.2, 0.25) is 0 Å². The van der Waals surface area contributed by atoms with Gasteiger partial charge in [-0.05, 0) is 81.3 Å². The van der Waals surface area contributed by atoms with Gasteiger partial charge in [0.25, 0.3) is 5.91 Å². The Kier molecular flexibility index (Phi) is 6.21. The zero-order valence-corrected chi connectivity index (χ0v) is 19.9. The average molecular weight is 470 g/mol. The van der Waals surface area contributed by atoms with Crippen LogP contribution in [0.25, 0.3) is 6.08 Å². The van der Waals surface area contributed by atoms with Gasteiger partial charge in [0, 0.05) is 25.3 Å². The number of anilines is 1. The largest absolute Gasteiger partial charge is 0.490 e. The van der Waals surface area contributed by atoms with Crippen LogP contribution >= 0.6 is 23.1 Å². The van der Waals surface area contributed by atoms with Gasteiger partial charge >= 0.3 is 0 Å². The predicted molar refractivity (Wildman–Crippen MR) is 132 cm³/mol. The molecule has 1 aromatic carbocycles. The van der Waals surface area contributed by atoms with E-state index < -0.39 is 0 Å². The van der Waals surface area contributed by atoms with Crippen LogP contribution in [0.5, 0.6) is 5.75 Å². The van der Waals surface area contributed by atoms with Crippen molar-refractivity contribution < 1.29 is 9.53 Å². The summed E-state index contributed by atoms with van der Waals surface area (Å²) >= 11 is 2.92. The van der Waals surface area contributed by atoms with Gasteiger partial charge in [-0.15, -0.1) is 0 Å². The summed E-state index contributed by atoms with van der Waals surface area (Å²) in [5.41, 5.74) is 1.85. The normalized spacial score (nSPS) is 22.5. The van der Waals surface area contributed by atoms with Gasteiger partial charge < -0.3 is 20.3 Å². The molecule has 3 heterocycles. The number of ether oxygens (including phenoxy) is 1. The maximum atomic E-state index is 12.4. The number of aryl methyl sites for hydroxylation is 1. The monoisotopic (exact) mass is 469 g/mol. The van der Waals surface area contributed by atoms with Crippen LogP contribution in [0.2, 0.25) is 0 Å². The fraction of sp³-hybridized carbons (Fsp3) is 0.435. The number of carbonyl (C=O) groups excluding carboxylic acids is 1. The topological polar surface area (TPSA) is 78.8 Å². The Labute approximate surface area is 196 Å². The van der Waals surface area contributed by atoms with E-state index in [-0.39, 0.29) is 12.0 Å². The summed E-state index contributed by atoms with van der Waals surface area (Å²) in [5, 5.41) is 7.76. The number of thiazole rings is 1. The number of hydrogen-bond acceptors (Lipinski definition) is 8. The van der Waals surface area contributed by atoms with Gasteiger partial charge in [0.05, 0.1) is 15.5 Å². The van der Waals surface area contributed by atoms with Crippen LogP contribution in [0.15, 0.2) is 34.3 Å². The van der Waals surface area contributed by atoms with Gasteiger partial charge in [-0.25, -0.2) is 9.98 Å². The van der Waals surface area contributed by atoms with Crippen LogP contribution in [0.3, 0.4) is 0 Å². The number of benzene rings is 1. The van der Waals surface area contributed by atoms with Crippen molar-refractivity contribution in [1.82, 2.24) is 15.2 Å². The molecule has 0 radical (unpaired) electrons. The molecule has 1 aromatic heterocycles. The van der Waals surface area contributed by atoms with Crippen LogP contribution < -0.4 is 15.4 Å². The van der Waals surface area contributed by atoms with Crippen LogP contribution in [-0.2, 0) is 4.79 Å². The molecule has 32 heavy (non-hydrogen) atoms. The van der Waals surface area contributed by atoms with Gasteiger partial charge in [0.15, 0.2) is 10.3 Å². The summed E-state index contributed by atoms with van der Waals surface area (Å²) in [4.78, 5) is 25.4. The smallest absolute Gasteiger partial charge is 0.264 e. The zero-order chi connectivity index (χ0) is 22.1. The van der Waals surface area contributed by atoms with E-state index in [1.807, 2.05) is 31.2 Å². The molecule has 9 heteroatoms. The molecule has 168 valence electrons. The number of amides is 1. The lowest BCUT2D eigenvalue weighted by atomic mass is 10.1. The number of nitrogens with one attached hydrogen (secondary N) is 2. The zero-order valence-electron chi connectivity index (χ0n) is 18.3. The van der Waals surface area contributed by atoms with Crippen molar-refractivity contribution in [2.75, 3.05) is 25.5 Å². The highest BCUT2D eigenvalue weighted by Gasteiger charge is 2.25. The number of carbonyl (C=O) groups is 1. The minimum atomic E-state index is -0.126. The Morgan fingerprint density at radius 2 is 2.09 bits per heavy atom. The number of likely N-dealkylation sites (tertiary alicyclic amines) is 1. The summed E-state index contributed by atoms with van der Waals surface area (Å²) in [6.45, 7) is 4.16. The summed E-state index contributed by atoms with van der Waals surface area (Å²) in [7, 11) is 2.15. The van der Waals surface area contributed by atoms with E-state index >= 15 is 0 Å². The van der Waals surface area contributed by atoms with Crippen molar-refractivity contribution in [2.45, 2.75) is 44.8 Å². The lowest BCUT2D eigenvalue weighted by Crippen LogP contribution is -2.35. The second-order valence-corrected chi connectivity index (χ2v) is 10.6. The van der Waals surface area contributed by atoms with Crippen molar-refractivity contribution in [1.29, 1.82) is 0 Å². The van der Waals surface area contributed by atoms with Crippen molar-refractivity contribution in [3.05, 3.63) is 39.7 Å². The maximum Gasteiger partial charge on any atom is 0.264 e. The van der Waals surface area contributed by atoms with Crippen molar-refractivity contribution >= 4 is 51.1 Å². The van der Waals surface area contributed by atoms with Gasteiger partial charge in [0.1, 0.15) is 11.9 Å². The SMILES string of the molecule is Cc1cc(OC2CCN(C)CC2)ccc1/N=C1/NC(=O)/C(=C/c2cnc(NC3CC3)s2)S1. The Morgan fingerprint density at radius 3 is 2.84 bits per heavy atom. The van der Waals surface area contributed by atoms with E-state index in [4.69, 9.17) is 4.74 Å². The molecule has 2 aliphatic heterocycles. The highest BCUT2D eigenvalue weighted by Crippen LogP contribution is 2.33. The molecule has 0 spiro atoms. The number of aromatic nitrogens is 1. The van der Waals surface area contributed by atoms with Crippen molar-refractivity contribution in [2.24, 2.45) is 4.99 Å². The van der Waals surface area contributed by atoms with E-state index in [9.17, 15) is 4.79 Å². The average Bonchev–Trinajstić information content (AvgIpc) is 3.36. The first kappa shape index (κ1) is 21.5. The minimum Gasteiger partial charge on any atom is -0.490 e. The Balaban J connectivity index is 1.23. The standard InChI is InChI=1S/C23H27N5O2S2/c1-14-11-17(30-16-7-9-28(2)10-8-16)5-6-19(14)26-23-27-21(29)20(32-23)12-18-13-24-22(31-18)25-15-3-4-15/h5-6,11-13,15-16H,3-4,7-10H2,1-2H3,(H,24,25)(H,26,27,29)/b20-12-. The molecule has 2 N–H and O–H groups in total. The number of amidine groups is 1. The molecule has 2 aromatic rings. The third-order valence-electron chi connectivity index (χ3n) is 5.71. The molecule has 3 fully saturated rings. The van der Waals surface area contributed by atoms with Crippen LogP contribution in [0.1, 0.15) is 36.1 Å². The highest BCUT2D eigenvalue weighted by molar-refractivity contribution is 8.18. The molecule has 0 bridgehead atoms. The Bertz CT molecular complexity index is 1070. The van der Waals surface area contributed by atoms with E-state index in [1.54, 1.807) is 17.5 Å². The minimum absolute atomic E-state index is 0.126. The highest BCUT2D eigenvalue weighted by atomic mass is 32.2. The summed E-state index contributed by atoms with van der Waals surface area (Å²) in [5.74, 6) is 0.754. The lowest BCUT2D eigenvalue weighted by molar-refractivity contribution is -0.115. The van der Waals surface area contributed by atoms with E-state index in [2.05, 4.69) is 32.6 Å². The van der Waals surface area contributed by atoms with E-state index in [0.717, 1.165) is 52.9 Å². The first-order valence-electron chi connectivity index (χ1n) is 11.0. The second-order valence-electron chi connectivity index (χ2n) is 8.54. The van der Waals surface area contributed by atoms with Gasteiger partial charge in [-0.2, -0.15) is 0 Å². The summed E-state index contributed by atoms with van der Waals surface area (Å²) in [6, 6.07) is 6.52. The fourth-order valence-corrected chi connectivity index (χ4v) is 5.40. The molecule has 0 atom stereocenters. The summed E-state index contributed by atoms with van der Waals surface area (Å²) < 4.78 is 6.17. The maximum absolute atomic E-state index is 12.4. The molecule has 1 aliphatic carbocycles. The third kappa shape index (κ3) is 5.33. The molecule has 1 saturated carbocycles. The molecule has 3 aliphatic rings. The number of nitrogens with zero attached hydrogens (tertiary/aromatic N) is 3. The second kappa shape index (κ2) is 9.25. The summed E-state index contributed by atoms with van der Waals surface area (Å²) in [6.07, 6.45) is 8.47. The molecule has 5 rings (SSSR count). The predicted octanol–water partition coefficient (Wildman–Crippen LogP) is 4.39. The molecule has 2 saturated heterocycles. The van der Waals surface area contributed by atoms with Crippen LogP contribution in [-0.4, -0.2) is 53.2 Å². The quantitative estimate of drug-likeness (QED) is 0.611. The van der Waals surface area contributed by atoms with E-state index in [1.165, 1.54) is 24.6 Å². The molecule has 1 amide bonds. The van der Waals surface area contributed by atoms with Crippen LogP contribution in [0.4, 0.5) is 10.8 Å². The van der Waals surface area contributed by atoms with Gasteiger partial charge in [-0.3, -0.25) is 4.79 Å². The molecular formula is C23H27N5O2S2. The first-order valence-corrected chi connectivity index (χ1v) is 12.6. The van der Waals surface area contributed by atoms with Crippen molar-refractivity contribution in [3.63, 3.8) is 0 Å². The van der Waals surface area contributed by atoms with Gasteiger partial charge in [-0.1, -0.05) is 11.3 Å². The first-order chi connectivity index (χ1) is 15.5. The number of aliphatic imine (C=N–C) groups is 1. The Morgan fingerprint density at radius 1 is 1.28 bits per heavy atom. The number of piperidine rings is 1. The molecular weight excluding hydrogens is 442 g/mol. The third-order valence-corrected chi connectivity index (χ3v) is 7.50. The lowest BCUT2D eigenvalue weighted by Gasteiger charge is -2.29. The number of thioether (sulfide) groups is 1. The fourth-order valence-electron chi connectivity index (χ4n) is 3.66. The van der Waals surface area contributed by atoms with E-state index in [0.29, 0.717) is 16.1 Å². The number of rotatable bonds is 6. The van der Waals surface area contributed by atoms with Crippen LogP contribution in [0, 0.1) is 6.92 Å². The Hall–Kier alpha value is -2.36.